The molecule has 5 heteroatoms. The van der Waals surface area contributed by atoms with Crippen LogP contribution in [0.3, 0.4) is 0 Å². The fourth-order valence-electron chi connectivity index (χ4n) is 2.96. The highest BCUT2D eigenvalue weighted by atomic mass is 19.1. The van der Waals surface area contributed by atoms with Gasteiger partial charge < -0.3 is 15.4 Å². The maximum absolute atomic E-state index is 13.3. The summed E-state index contributed by atoms with van der Waals surface area (Å²) in [5.41, 5.74) is 0.459. The van der Waals surface area contributed by atoms with Crippen molar-refractivity contribution in [2.24, 2.45) is 0 Å². The number of carbonyl (C=O) groups excluding carboxylic acids is 1. The van der Waals surface area contributed by atoms with Crippen LogP contribution < -0.4 is 10.6 Å². The van der Waals surface area contributed by atoms with Gasteiger partial charge in [0.15, 0.2) is 0 Å². The predicted molar refractivity (Wildman–Crippen MR) is 88.7 cm³/mol. The Hall–Kier alpha value is -1.62. The van der Waals surface area contributed by atoms with Crippen molar-refractivity contribution in [1.82, 2.24) is 10.6 Å². The van der Waals surface area contributed by atoms with Crippen molar-refractivity contribution in [2.75, 3.05) is 0 Å². The van der Waals surface area contributed by atoms with Crippen molar-refractivity contribution in [1.29, 1.82) is 0 Å². The number of nitrogens with one attached hydrogen (secondary N) is 2. The van der Waals surface area contributed by atoms with Crippen molar-refractivity contribution < 1.29 is 13.9 Å². The van der Waals surface area contributed by atoms with Gasteiger partial charge in [0, 0.05) is 18.1 Å². The van der Waals surface area contributed by atoms with E-state index in [2.05, 4.69) is 10.6 Å². The van der Waals surface area contributed by atoms with Gasteiger partial charge in [-0.3, -0.25) is 0 Å². The van der Waals surface area contributed by atoms with E-state index in [4.69, 9.17) is 4.74 Å². The van der Waals surface area contributed by atoms with Gasteiger partial charge in [0.2, 0.25) is 0 Å². The lowest BCUT2D eigenvalue weighted by molar-refractivity contribution is 0.0505. The van der Waals surface area contributed by atoms with Gasteiger partial charge in [0.25, 0.3) is 0 Å². The average Bonchev–Trinajstić information content (AvgIpc) is 2.83. The largest absolute Gasteiger partial charge is 0.444 e. The molecule has 23 heavy (non-hydrogen) atoms. The summed E-state index contributed by atoms with van der Waals surface area (Å²) in [6.45, 7) is 7.59. The molecule has 4 nitrogen and oxygen atoms in total. The molecule has 1 aromatic rings. The lowest BCUT2D eigenvalue weighted by Crippen LogP contribution is -2.39. The number of halogens is 1. The maximum atomic E-state index is 13.3. The minimum absolute atomic E-state index is 0.0796. The van der Waals surface area contributed by atoms with Crippen LogP contribution in [0.2, 0.25) is 0 Å². The van der Waals surface area contributed by atoms with E-state index >= 15 is 0 Å². The summed E-state index contributed by atoms with van der Waals surface area (Å²) in [4.78, 5) is 11.8. The van der Waals surface area contributed by atoms with Gasteiger partial charge in [0.05, 0.1) is 0 Å². The van der Waals surface area contributed by atoms with Crippen molar-refractivity contribution in [3.63, 3.8) is 0 Å². The zero-order chi connectivity index (χ0) is 17.0. The molecule has 128 valence electrons. The molecule has 0 heterocycles. The molecule has 0 aromatic heterocycles. The van der Waals surface area contributed by atoms with Gasteiger partial charge in [-0.2, -0.15) is 0 Å². The predicted octanol–water partition coefficient (Wildman–Crippen LogP) is 3.92. The van der Waals surface area contributed by atoms with Gasteiger partial charge in [-0.25, -0.2) is 9.18 Å². The summed E-state index contributed by atoms with van der Waals surface area (Å²) in [5, 5.41) is 6.44. The Balaban J connectivity index is 1.80. The first-order valence-electron chi connectivity index (χ1n) is 8.24. The number of hydrogen-bond donors (Lipinski definition) is 2. The Morgan fingerprint density at radius 1 is 1.30 bits per heavy atom. The van der Waals surface area contributed by atoms with Gasteiger partial charge in [-0.1, -0.05) is 12.1 Å². The van der Waals surface area contributed by atoms with Crippen molar-refractivity contribution in [3.8, 4) is 0 Å². The maximum Gasteiger partial charge on any atom is 0.407 e. The van der Waals surface area contributed by atoms with E-state index in [9.17, 15) is 9.18 Å². The number of carbonyl (C=O) groups is 1. The Bertz CT molecular complexity index is 542. The second kappa shape index (κ2) is 7.30. The molecule has 0 radical (unpaired) electrons. The molecular weight excluding hydrogens is 295 g/mol. The zero-order valence-corrected chi connectivity index (χ0v) is 14.4. The Morgan fingerprint density at radius 3 is 2.65 bits per heavy atom. The summed E-state index contributed by atoms with van der Waals surface area (Å²) in [6.07, 6.45) is 2.41. The molecule has 0 saturated heterocycles. The van der Waals surface area contributed by atoms with Gasteiger partial charge in [-0.15, -0.1) is 0 Å². The van der Waals surface area contributed by atoms with E-state index in [0.717, 1.165) is 24.8 Å². The summed E-state index contributed by atoms with van der Waals surface area (Å²) < 4.78 is 18.6. The minimum Gasteiger partial charge on any atom is -0.444 e. The standard InChI is InChI=1S/C18H27FN2O2/c1-12(13-6-5-7-14(19)10-13)20-15-8-9-16(11-15)21-17(22)23-18(2,3)4/h5-7,10,12,15-16,20H,8-9,11H2,1-4H3,(H,21,22)/t12-,15?,16?/m0/s1. The summed E-state index contributed by atoms with van der Waals surface area (Å²) in [6, 6.07) is 7.18. The fourth-order valence-corrected chi connectivity index (χ4v) is 2.96. The fraction of sp³-hybridized carbons (Fsp3) is 0.611. The van der Waals surface area contributed by atoms with E-state index < -0.39 is 5.60 Å². The summed E-state index contributed by atoms with van der Waals surface area (Å²) in [7, 11) is 0. The zero-order valence-electron chi connectivity index (χ0n) is 14.4. The molecule has 0 aliphatic heterocycles. The van der Waals surface area contributed by atoms with Crippen molar-refractivity contribution in [3.05, 3.63) is 35.6 Å². The van der Waals surface area contributed by atoms with Crippen molar-refractivity contribution in [2.45, 2.75) is 70.7 Å². The van der Waals surface area contributed by atoms with E-state index in [1.54, 1.807) is 12.1 Å². The topological polar surface area (TPSA) is 50.4 Å². The molecule has 1 fully saturated rings. The van der Waals surface area contributed by atoms with E-state index in [-0.39, 0.29) is 24.0 Å². The molecule has 1 amide bonds. The molecular formula is C18H27FN2O2. The number of hydrogen-bond acceptors (Lipinski definition) is 3. The van der Waals surface area contributed by atoms with Gasteiger partial charge >= 0.3 is 6.09 Å². The molecule has 3 atom stereocenters. The Morgan fingerprint density at radius 2 is 2.00 bits per heavy atom. The highest BCUT2D eigenvalue weighted by Crippen LogP contribution is 2.23. The molecule has 1 saturated carbocycles. The highest BCUT2D eigenvalue weighted by molar-refractivity contribution is 5.68. The molecule has 2 rings (SSSR count). The van der Waals surface area contributed by atoms with Crippen molar-refractivity contribution >= 4 is 6.09 Å². The lowest BCUT2D eigenvalue weighted by atomic mass is 10.1. The number of amides is 1. The van der Waals surface area contributed by atoms with Crippen LogP contribution in [0.4, 0.5) is 9.18 Å². The lowest BCUT2D eigenvalue weighted by Gasteiger charge is -2.22. The molecule has 1 aliphatic carbocycles. The van der Waals surface area contributed by atoms with Crippen LogP contribution in [0.15, 0.2) is 24.3 Å². The summed E-state index contributed by atoms with van der Waals surface area (Å²) >= 11 is 0. The second-order valence-corrected chi connectivity index (χ2v) is 7.30. The SMILES string of the molecule is C[C@H](NC1CCC(NC(=O)OC(C)(C)C)C1)c1cccc(F)c1. The third-order valence-corrected chi connectivity index (χ3v) is 3.99. The molecule has 2 N–H and O–H groups in total. The van der Waals surface area contributed by atoms with Crippen LogP contribution in [0.25, 0.3) is 0 Å². The van der Waals surface area contributed by atoms with Crippen LogP contribution in [0, 0.1) is 5.82 Å². The minimum atomic E-state index is -0.480. The number of benzene rings is 1. The third-order valence-electron chi connectivity index (χ3n) is 3.99. The van der Waals surface area contributed by atoms with Crippen LogP contribution in [-0.4, -0.2) is 23.8 Å². The Labute approximate surface area is 137 Å². The van der Waals surface area contributed by atoms with Crippen LogP contribution >= 0.6 is 0 Å². The summed E-state index contributed by atoms with van der Waals surface area (Å²) in [5.74, 6) is -0.216. The average molecular weight is 322 g/mol. The normalized spacial score (nSPS) is 22.7. The number of ether oxygens (including phenoxy) is 1. The first kappa shape index (κ1) is 17.7. The molecule has 1 aromatic carbocycles. The first-order valence-corrected chi connectivity index (χ1v) is 8.24. The van der Waals surface area contributed by atoms with Crippen LogP contribution in [-0.2, 0) is 4.74 Å². The third kappa shape index (κ3) is 5.82. The molecule has 1 aliphatic rings. The number of rotatable bonds is 4. The Kier molecular flexibility index (Phi) is 5.63. The van der Waals surface area contributed by atoms with Gasteiger partial charge in [0.1, 0.15) is 11.4 Å². The van der Waals surface area contributed by atoms with E-state index in [1.165, 1.54) is 6.07 Å². The van der Waals surface area contributed by atoms with E-state index in [1.807, 2.05) is 33.8 Å². The molecule has 0 bridgehead atoms. The quantitative estimate of drug-likeness (QED) is 0.883. The monoisotopic (exact) mass is 322 g/mol. The smallest absolute Gasteiger partial charge is 0.407 e. The molecule has 0 spiro atoms. The van der Waals surface area contributed by atoms with E-state index in [0.29, 0.717) is 6.04 Å². The molecule has 2 unspecified atom stereocenters. The highest BCUT2D eigenvalue weighted by Gasteiger charge is 2.28. The van der Waals surface area contributed by atoms with Crippen LogP contribution in [0.5, 0.6) is 0 Å². The van der Waals surface area contributed by atoms with Gasteiger partial charge in [-0.05, 0) is 64.7 Å². The second-order valence-electron chi connectivity index (χ2n) is 7.30. The van der Waals surface area contributed by atoms with Crippen LogP contribution in [0.1, 0.15) is 58.6 Å². The first-order chi connectivity index (χ1) is 10.7. The number of alkyl carbamates (subject to hydrolysis) is 1.